The molecule has 38 heavy (non-hydrogen) atoms. The second-order valence-corrected chi connectivity index (χ2v) is 12.7. The first-order valence-electron chi connectivity index (χ1n) is 13.2. The van der Waals surface area contributed by atoms with Crippen molar-refractivity contribution >= 4 is 23.5 Å². The largest absolute Gasteiger partial charge is 0.472 e. The molecule has 0 amide bonds. The van der Waals surface area contributed by atoms with Crippen LogP contribution in [0, 0.1) is 33.5 Å². The summed E-state index contributed by atoms with van der Waals surface area (Å²) in [6, 6.07) is 1.59. The van der Waals surface area contributed by atoms with E-state index in [1.165, 1.54) is 32.4 Å². The molecule has 0 aromatic carbocycles. The number of hydrogen-bond donors (Lipinski definition) is 1. The lowest BCUT2D eigenvalue weighted by atomic mass is 9.37. The maximum absolute atomic E-state index is 13.7. The first-order chi connectivity index (χ1) is 17.6. The summed E-state index contributed by atoms with van der Waals surface area (Å²) in [6.45, 7) is 12.1. The zero-order valence-corrected chi connectivity index (χ0v) is 23.0. The Kier molecular flexibility index (Phi) is 5.61. The van der Waals surface area contributed by atoms with Gasteiger partial charge < -0.3 is 19.0 Å². The van der Waals surface area contributed by atoms with Gasteiger partial charge in [0, 0.05) is 41.6 Å². The van der Waals surface area contributed by atoms with Crippen molar-refractivity contribution in [2.75, 3.05) is 0 Å². The highest BCUT2D eigenvalue weighted by molar-refractivity contribution is 6.03. The van der Waals surface area contributed by atoms with Crippen molar-refractivity contribution in [2.45, 2.75) is 79.1 Å². The third-order valence-electron chi connectivity index (χ3n) is 10.4. The van der Waals surface area contributed by atoms with E-state index in [4.69, 9.17) is 13.9 Å². The van der Waals surface area contributed by atoms with Crippen molar-refractivity contribution in [3.63, 3.8) is 0 Å². The van der Waals surface area contributed by atoms with Crippen LogP contribution in [0.25, 0.3) is 0 Å². The molecule has 8 nitrogen and oxygen atoms in total. The average molecular weight is 525 g/mol. The summed E-state index contributed by atoms with van der Waals surface area (Å²) in [6.07, 6.45) is 6.92. The Hall–Kier alpha value is -3.00. The maximum atomic E-state index is 13.7. The number of carbonyl (C=O) groups is 4. The van der Waals surface area contributed by atoms with Crippen LogP contribution in [0.2, 0.25) is 0 Å². The molecule has 8 heteroatoms. The monoisotopic (exact) mass is 524 g/mol. The fourth-order valence-electron chi connectivity index (χ4n) is 8.90. The topological polar surface area (TPSA) is 120 Å². The van der Waals surface area contributed by atoms with Crippen LogP contribution in [0.5, 0.6) is 0 Å². The van der Waals surface area contributed by atoms with Crippen LogP contribution < -0.4 is 0 Å². The standard InChI is InChI=1S/C30H36O8/c1-16(31)37-23-24-26(3,4)21(33)9-11-27(24,5)19-8-12-28(6)20(29(19,7)25(23)38-17(2)32)14-22(34)30(28,35)18-10-13-36-15-18/h9-11,13-15,19,23-25,35H,8,12H2,1-7H3/t19-,23-,24+,25-,27-,28-,29-,30+/m1/s1. The molecule has 2 saturated carbocycles. The van der Waals surface area contributed by atoms with Gasteiger partial charge in [-0.2, -0.15) is 0 Å². The van der Waals surface area contributed by atoms with Crippen LogP contribution in [-0.4, -0.2) is 40.8 Å². The van der Waals surface area contributed by atoms with Crippen molar-refractivity contribution in [1.29, 1.82) is 0 Å². The van der Waals surface area contributed by atoms with Crippen molar-refractivity contribution in [2.24, 2.45) is 33.5 Å². The molecule has 5 rings (SSSR count). The molecule has 0 bridgehead atoms. The summed E-state index contributed by atoms with van der Waals surface area (Å²) in [5, 5.41) is 12.1. The van der Waals surface area contributed by atoms with Gasteiger partial charge in [-0.15, -0.1) is 0 Å². The molecular weight excluding hydrogens is 488 g/mol. The lowest BCUT2D eigenvalue weighted by Gasteiger charge is -2.68. The van der Waals surface area contributed by atoms with Gasteiger partial charge in [-0.05, 0) is 48.0 Å². The van der Waals surface area contributed by atoms with E-state index < -0.39 is 63.1 Å². The van der Waals surface area contributed by atoms with Gasteiger partial charge in [0.25, 0.3) is 0 Å². The second kappa shape index (κ2) is 8.01. The molecule has 1 aromatic heterocycles. The SMILES string of the molecule is CC(=O)O[C@H]1[C@@H](OC(C)=O)[C@@]2(C)C3=CC(=O)[C@@](O)(c4ccoc4)[C@]3(C)CC[C@@H]2[C@@]2(C)C=CC(=O)C(C)(C)[C@H]12. The highest BCUT2D eigenvalue weighted by Gasteiger charge is 2.75. The van der Waals surface area contributed by atoms with E-state index >= 15 is 0 Å². The number of ether oxygens (including phenoxy) is 2. The minimum Gasteiger partial charge on any atom is -0.472 e. The minimum atomic E-state index is -1.86. The third kappa shape index (κ3) is 3.07. The molecule has 0 spiro atoms. The van der Waals surface area contributed by atoms with Crippen LogP contribution in [0.1, 0.15) is 66.9 Å². The van der Waals surface area contributed by atoms with E-state index in [-0.39, 0.29) is 11.7 Å². The van der Waals surface area contributed by atoms with Crippen LogP contribution in [0.4, 0.5) is 0 Å². The molecule has 1 heterocycles. The van der Waals surface area contributed by atoms with Gasteiger partial charge in [-0.3, -0.25) is 19.2 Å². The second-order valence-electron chi connectivity index (χ2n) is 12.7. The lowest BCUT2D eigenvalue weighted by molar-refractivity contribution is -0.241. The Morgan fingerprint density at radius 2 is 1.68 bits per heavy atom. The average Bonchev–Trinajstić information content (AvgIpc) is 3.41. The van der Waals surface area contributed by atoms with Crippen LogP contribution in [0.15, 0.2) is 46.8 Å². The molecule has 204 valence electrons. The molecule has 0 radical (unpaired) electrons. The van der Waals surface area contributed by atoms with Gasteiger partial charge in [0.2, 0.25) is 0 Å². The van der Waals surface area contributed by atoms with Crippen LogP contribution >= 0.6 is 0 Å². The van der Waals surface area contributed by atoms with E-state index in [2.05, 4.69) is 6.92 Å². The number of carbonyl (C=O) groups excluding carboxylic acids is 4. The Morgan fingerprint density at radius 3 is 2.26 bits per heavy atom. The van der Waals surface area contributed by atoms with Crippen LogP contribution in [0.3, 0.4) is 0 Å². The van der Waals surface area contributed by atoms with E-state index in [0.29, 0.717) is 24.0 Å². The van der Waals surface area contributed by atoms with Crippen LogP contribution in [-0.2, 0) is 34.3 Å². The number of rotatable bonds is 3. The van der Waals surface area contributed by atoms with Crippen molar-refractivity contribution in [3.05, 3.63) is 48.0 Å². The van der Waals surface area contributed by atoms with Gasteiger partial charge in [-0.25, -0.2) is 0 Å². The zero-order valence-electron chi connectivity index (χ0n) is 23.0. The molecule has 4 aliphatic carbocycles. The molecular formula is C30H36O8. The summed E-state index contributed by atoms with van der Waals surface area (Å²) in [5.74, 6) is -2.36. The van der Waals surface area contributed by atoms with E-state index in [0.717, 1.165) is 0 Å². The Labute approximate surface area is 222 Å². The summed E-state index contributed by atoms with van der Waals surface area (Å²) in [5.41, 5.74) is -4.45. The molecule has 4 aliphatic rings. The summed E-state index contributed by atoms with van der Waals surface area (Å²) < 4.78 is 17.3. The summed E-state index contributed by atoms with van der Waals surface area (Å²) in [4.78, 5) is 51.9. The number of fused-ring (bicyclic) bond motifs is 5. The molecule has 1 N–H and O–H groups in total. The van der Waals surface area contributed by atoms with Gasteiger partial charge in [0.1, 0.15) is 12.2 Å². The first kappa shape index (κ1) is 26.6. The fraction of sp³-hybridized carbons (Fsp3) is 0.600. The third-order valence-corrected chi connectivity index (χ3v) is 10.4. The van der Waals surface area contributed by atoms with Gasteiger partial charge in [0.05, 0.1) is 12.5 Å². The number of hydrogen-bond acceptors (Lipinski definition) is 8. The predicted octanol–water partition coefficient (Wildman–Crippen LogP) is 4.06. The lowest BCUT2D eigenvalue weighted by Crippen LogP contribution is -2.71. The summed E-state index contributed by atoms with van der Waals surface area (Å²) in [7, 11) is 0. The molecule has 1 aromatic rings. The number of aliphatic hydroxyl groups is 1. The summed E-state index contributed by atoms with van der Waals surface area (Å²) >= 11 is 0. The highest BCUT2D eigenvalue weighted by atomic mass is 16.6. The maximum Gasteiger partial charge on any atom is 0.303 e. The molecule has 0 unspecified atom stereocenters. The highest BCUT2D eigenvalue weighted by Crippen LogP contribution is 2.73. The number of allylic oxidation sites excluding steroid dienone is 2. The van der Waals surface area contributed by atoms with E-state index in [1.54, 1.807) is 12.1 Å². The van der Waals surface area contributed by atoms with Crippen molar-refractivity contribution in [3.8, 4) is 0 Å². The predicted molar refractivity (Wildman–Crippen MR) is 135 cm³/mol. The quantitative estimate of drug-likeness (QED) is 0.588. The molecule has 0 saturated heterocycles. The first-order valence-corrected chi connectivity index (χ1v) is 13.2. The number of furan rings is 1. The van der Waals surface area contributed by atoms with Crippen molar-refractivity contribution < 1.29 is 38.2 Å². The Morgan fingerprint density at radius 1 is 1.03 bits per heavy atom. The molecule has 8 atom stereocenters. The minimum absolute atomic E-state index is 0.0902. The number of esters is 2. The number of ketones is 2. The normalized spacial score (nSPS) is 43.0. The fourth-order valence-corrected chi connectivity index (χ4v) is 8.90. The van der Waals surface area contributed by atoms with Crippen molar-refractivity contribution in [1.82, 2.24) is 0 Å². The van der Waals surface area contributed by atoms with E-state index in [9.17, 15) is 24.3 Å². The Balaban J connectivity index is 1.78. The Bertz CT molecular complexity index is 1290. The molecule has 0 aliphatic heterocycles. The van der Waals surface area contributed by atoms with Gasteiger partial charge >= 0.3 is 11.9 Å². The van der Waals surface area contributed by atoms with E-state index in [1.807, 2.05) is 33.8 Å². The zero-order chi connectivity index (χ0) is 28.1. The van der Waals surface area contributed by atoms with Gasteiger partial charge in [0.15, 0.2) is 17.2 Å². The molecule has 2 fully saturated rings. The smallest absolute Gasteiger partial charge is 0.303 e. The van der Waals surface area contributed by atoms with Gasteiger partial charge in [-0.1, -0.05) is 40.7 Å².